The third-order valence-corrected chi connectivity index (χ3v) is 9.06. The molecule has 0 aliphatic carbocycles. The van der Waals surface area contributed by atoms with Crippen LogP contribution in [0.25, 0.3) is 79.5 Å². The van der Waals surface area contributed by atoms with E-state index in [1.165, 1.54) is 0 Å². The Morgan fingerprint density at radius 1 is 0.218 bits per heavy atom. The molecule has 0 saturated heterocycles. The molecule has 9 rings (SSSR count). The summed E-state index contributed by atoms with van der Waals surface area (Å²) in [5, 5.41) is 0. The number of ether oxygens (including phenoxy) is 1. The highest BCUT2D eigenvalue weighted by molar-refractivity contribution is 5.71. The van der Waals surface area contributed by atoms with E-state index < -0.39 is 0 Å². The van der Waals surface area contributed by atoms with Crippen LogP contribution in [0.5, 0.6) is 11.5 Å². The molecule has 0 radical (unpaired) electrons. The first-order valence-corrected chi connectivity index (χ1v) is 17.9. The normalized spacial score (nSPS) is 10.9. The van der Waals surface area contributed by atoms with Gasteiger partial charge in [0.15, 0.2) is 34.9 Å². The standard InChI is InChI=1S/C48H32N6O/c1-5-14-35(15-6-1)43-49-44(36-16-7-2-8-17-36)52-47(51-43)39-26-24-33(25-27-39)34-28-30-41(31-29-34)55-42-23-13-22-40(32-42)48-53-45(37-18-9-3-10-19-37)50-46(54-48)38-20-11-4-12-21-38/h1-32H. The average Bonchev–Trinajstić information content (AvgIpc) is 3.28. The summed E-state index contributed by atoms with van der Waals surface area (Å²) in [4.78, 5) is 29.1. The molecule has 0 unspecified atom stereocenters. The molecule has 0 fully saturated rings. The summed E-state index contributed by atoms with van der Waals surface area (Å²) in [6.07, 6.45) is 0. The predicted molar refractivity (Wildman–Crippen MR) is 218 cm³/mol. The minimum absolute atomic E-state index is 0.571. The van der Waals surface area contributed by atoms with Gasteiger partial charge < -0.3 is 4.74 Å². The third kappa shape index (κ3) is 7.49. The van der Waals surface area contributed by atoms with Gasteiger partial charge in [0.1, 0.15) is 11.5 Å². The van der Waals surface area contributed by atoms with Crippen LogP contribution in [0, 0.1) is 0 Å². The second-order valence-electron chi connectivity index (χ2n) is 12.8. The summed E-state index contributed by atoms with van der Waals surface area (Å²) in [5.41, 5.74) is 7.59. The Bertz CT molecular complexity index is 2580. The van der Waals surface area contributed by atoms with Gasteiger partial charge in [-0.15, -0.1) is 0 Å². The molecule has 7 heteroatoms. The molecule has 9 aromatic rings. The van der Waals surface area contributed by atoms with Gasteiger partial charge >= 0.3 is 0 Å². The average molecular weight is 709 g/mol. The summed E-state index contributed by atoms with van der Waals surface area (Å²) in [7, 11) is 0. The van der Waals surface area contributed by atoms with Crippen molar-refractivity contribution in [2.75, 3.05) is 0 Å². The lowest BCUT2D eigenvalue weighted by Gasteiger charge is -2.11. The van der Waals surface area contributed by atoms with Crippen molar-refractivity contribution < 1.29 is 4.74 Å². The van der Waals surface area contributed by atoms with Gasteiger partial charge in [0.25, 0.3) is 0 Å². The van der Waals surface area contributed by atoms with Crippen LogP contribution in [0.3, 0.4) is 0 Å². The van der Waals surface area contributed by atoms with Crippen molar-refractivity contribution >= 4 is 0 Å². The van der Waals surface area contributed by atoms with Gasteiger partial charge in [-0.3, -0.25) is 0 Å². The van der Waals surface area contributed by atoms with E-state index in [9.17, 15) is 0 Å². The number of benzene rings is 7. The van der Waals surface area contributed by atoms with Gasteiger partial charge in [-0.2, -0.15) is 0 Å². The number of hydrogen-bond acceptors (Lipinski definition) is 7. The lowest BCUT2D eigenvalue weighted by Crippen LogP contribution is -2.00. The Labute approximate surface area is 318 Å². The SMILES string of the molecule is c1ccc(-c2nc(-c3ccccc3)nc(-c3ccc(-c4ccc(Oc5cccc(-c6nc(-c7ccccc7)nc(-c7ccccc7)n6)c5)cc4)cc3)n2)cc1. The smallest absolute Gasteiger partial charge is 0.164 e. The molecular formula is C48H32N6O. The highest BCUT2D eigenvalue weighted by Crippen LogP contribution is 2.31. The van der Waals surface area contributed by atoms with Gasteiger partial charge in [-0.25, -0.2) is 29.9 Å². The molecule has 7 aromatic carbocycles. The van der Waals surface area contributed by atoms with E-state index in [1.54, 1.807) is 0 Å². The Morgan fingerprint density at radius 3 is 0.891 bits per heavy atom. The lowest BCUT2D eigenvalue weighted by molar-refractivity contribution is 0.483. The molecule has 0 aliphatic rings. The Hall–Kier alpha value is -7.64. The van der Waals surface area contributed by atoms with Gasteiger partial charge in [0.2, 0.25) is 0 Å². The van der Waals surface area contributed by atoms with Gasteiger partial charge in [0, 0.05) is 33.4 Å². The summed E-state index contributed by atoms with van der Waals surface area (Å²) in [5.74, 6) is 5.09. The van der Waals surface area contributed by atoms with Crippen LogP contribution in [0.4, 0.5) is 0 Å². The van der Waals surface area contributed by atoms with Crippen molar-refractivity contribution in [2.24, 2.45) is 0 Å². The van der Waals surface area contributed by atoms with E-state index in [1.807, 2.05) is 158 Å². The summed E-state index contributed by atoms with van der Waals surface area (Å²) in [6, 6.07) is 64.1. The first-order valence-electron chi connectivity index (χ1n) is 17.9. The molecule has 2 heterocycles. The summed E-state index contributed by atoms with van der Waals surface area (Å²) >= 11 is 0. The van der Waals surface area contributed by atoms with E-state index in [-0.39, 0.29) is 0 Å². The Morgan fingerprint density at radius 2 is 0.509 bits per heavy atom. The Balaban J connectivity index is 0.957. The van der Waals surface area contributed by atoms with Crippen LogP contribution in [0.15, 0.2) is 194 Å². The number of nitrogens with zero attached hydrogens (tertiary/aromatic N) is 6. The van der Waals surface area contributed by atoms with Gasteiger partial charge in [-0.1, -0.05) is 170 Å². The summed E-state index contributed by atoms with van der Waals surface area (Å²) < 4.78 is 6.34. The predicted octanol–water partition coefficient (Wildman–Crippen LogP) is 11.5. The first kappa shape index (κ1) is 33.2. The number of hydrogen-bond donors (Lipinski definition) is 0. The van der Waals surface area contributed by atoms with Crippen molar-refractivity contribution in [2.45, 2.75) is 0 Å². The van der Waals surface area contributed by atoms with E-state index in [4.69, 9.17) is 34.6 Å². The van der Waals surface area contributed by atoms with Crippen LogP contribution in [0.2, 0.25) is 0 Å². The molecule has 7 nitrogen and oxygen atoms in total. The van der Waals surface area contributed by atoms with Crippen molar-refractivity contribution in [3.8, 4) is 91.0 Å². The van der Waals surface area contributed by atoms with Gasteiger partial charge in [-0.05, 0) is 35.4 Å². The van der Waals surface area contributed by atoms with Crippen molar-refractivity contribution in [3.63, 3.8) is 0 Å². The van der Waals surface area contributed by atoms with Crippen LogP contribution < -0.4 is 4.74 Å². The maximum absolute atomic E-state index is 6.34. The van der Waals surface area contributed by atoms with Crippen molar-refractivity contribution in [3.05, 3.63) is 194 Å². The Kier molecular flexibility index (Phi) is 9.15. The highest BCUT2D eigenvalue weighted by atomic mass is 16.5. The van der Waals surface area contributed by atoms with Gasteiger partial charge in [0.05, 0.1) is 0 Å². The molecule has 0 aliphatic heterocycles. The van der Waals surface area contributed by atoms with Crippen LogP contribution in [-0.4, -0.2) is 29.9 Å². The topological polar surface area (TPSA) is 86.6 Å². The molecule has 0 bridgehead atoms. The fourth-order valence-electron chi connectivity index (χ4n) is 6.24. The molecule has 0 spiro atoms. The zero-order valence-corrected chi connectivity index (χ0v) is 29.6. The van der Waals surface area contributed by atoms with Crippen LogP contribution in [-0.2, 0) is 0 Å². The minimum Gasteiger partial charge on any atom is -0.457 e. The molecule has 0 amide bonds. The molecule has 260 valence electrons. The third-order valence-electron chi connectivity index (χ3n) is 9.06. The zero-order chi connectivity index (χ0) is 36.8. The largest absolute Gasteiger partial charge is 0.457 e. The molecule has 0 saturated carbocycles. The molecule has 0 atom stereocenters. The van der Waals surface area contributed by atoms with E-state index in [0.29, 0.717) is 40.7 Å². The maximum atomic E-state index is 6.34. The second-order valence-corrected chi connectivity index (χ2v) is 12.8. The summed E-state index contributed by atoms with van der Waals surface area (Å²) in [6.45, 7) is 0. The number of rotatable bonds is 9. The van der Waals surface area contributed by atoms with Crippen LogP contribution in [0.1, 0.15) is 0 Å². The maximum Gasteiger partial charge on any atom is 0.164 e. The highest BCUT2D eigenvalue weighted by Gasteiger charge is 2.14. The minimum atomic E-state index is 0.571. The fraction of sp³-hybridized carbons (Fsp3) is 0. The second kappa shape index (κ2) is 15.1. The van der Waals surface area contributed by atoms with E-state index >= 15 is 0 Å². The van der Waals surface area contributed by atoms with Crippen molar-refractivity contribution in [1.29, 1.82) is 0 Å². The quantitative estimate of drug-likeness (QED) is 0.147. The lowest BCUT2D eigenvalue weighted by atomic mass is 10.0. The van der Waals surface area contributed by atoms with Crippen molar-refractivity contribution in [1.82, 2.24) is 29.9 Å². The van der Waals surface area contributed by atoms with E-state index in [0.717, 1.165) is 50.3 Å². The molecule has 2 aromatic heterocycles. The van der Waals surface area contributed by atoms with Crippen LogP contribution >= 0.6 is 0 Å². The molecule has 55 heavy (non-hydrogen) atoms. The van der Waals surface area contributed by atoms with E-state index in [2.05, 4.69) is 36.4 Å². The first-order chi connectivity index (χ1) is 27.2. The monoisotopic (exact) mass is 708 g/mol. The number of aromatic nitrogens is 6. The molecule has 0 N–H and O–H groups in total. The zero-order valence-electron chi connectivity index (χ0n) is 29.6. The molecular weight excluding hydrogens is 677 g/mol. The fourth-order valence-corrected chi connectivity index (χ4v) is 6.24.